The highest BCUT2D eigenvalue weighted by atomic mass is 35.5. The molecule has 0 atom stereocenters. The van der Waals surface area contributed by atoms with Crippen molar-refractivity contribution in [3.8, 4) is 5.75 Å². The molecule has 1 aromatic heterocycles. The first kappa shape index (κ1) is 15.6. The van der Waals surface area contributed by atoms with Crippen molar-refractivity contribution in [1.29, 1.82) is 0 Å². The first-order valence-corrected chi connectivity index (χ1v) is 8.34. The lowest BCUT2D eigenvalue weighted by Crippen LogP contribution is -2.29. The molecule has 0 N–H and O–H groups in total. The van der Waals surface area contributed by atoms with Gasteiger partial charge < -0.3 is 4.74 Å². The number of methoxy groups -OCH3 is 1. The number of aromatic nitrogens is 1. The standard InChI is InChI=1S/C14H15ClN2O3S/c1-20-14-8-12(15)5-6-13(14)17(21(2,18)19)10-11-4-3-7-16-9-11/h3-9H,10H2,1-2H3. The van der Waals surface area contributed by atoms with Crippen molar-refractivity contribution in [2.24, 2.45) is 0 Å². The fourth-order valence-corrected chi connectivity index (χ4v) is 2.95. The number of ether oxygens (including phenoxy) is 1. The number of anilines is 1. The van der Waals surface area contributed by atoms with Crippen LogP contribution in [-0.4, -0.2) is 26.8 Å². The number of pyridine rings is 1. The Labute approximate surface area is 129 Å². The maximum atomic E-state index is 12.1. The number of halogens is 1. The van der Waals surface area contributed by atoms with Gasteiger partial charge in [-0.2, -0.15) is 0 Å². The minimum absolute atomic E-state index is 0.171. The molecule has 1 aromatic carbocycles. The second-order valence-corrected chi connectivity index (χ2v) is 6.79. The summed E-state index contributed by atoms with van der Waals surface area (Å²) in [7, 11) is -2.01. The Morgan fingerprint density at radius 1 is 1.33 bits per heavy atom. The molecular formula is C14H15ClN2O3S. The van der Waals surface area contributed by atoms with E-state index < -0.39 is 10.0 Å². The zero-order valence-electron chi connectivity index (χ0n) is 11.7. The van der Waals surface area contributed by atoms with E-state index in [-0.39, 0.29) is 6.54 Å². The normalized spacial score (nSPS) is 11.2. The SMILES string of the molecule is COc1cc(Cl)ccc1N(Cc1cccnc1)S(C)(=O)=O. The quantitative estimate of drug-likeness (QED) is 0.847. The van der Waals surface area contributed by atoms with Crippen LogP contribution in [0.25, 0.3) is 0 Å². The average Bonchev–Trinajstić information content (AvgIpc) is 2.45. The molecule has 0 spiro atoms. The zero-order chi connectivity index (χ0) is 15.5. The molecular weight excluding hydrogens is 312 g/mol. The van der Waals surface area contributed by atoms with E-state index in [4.69, 9.17) is 16.3 Å². The van der Waals surface area contributed by atoms with Gasteiger partial charge in [-0.1, -0.05) is 17.7 Å². The number of hydrogen-bond acceptors (Lipinski definition) is 4. The van der Waals surface area contributed by atoms with Crippen molar-refractivity contribution in [2.45, 2.75) is 6.54 Å². The van der Waals surface area contributed by atoms with Gasteiger partial charge in [0, 0.05) is 23.5 Å². The number of benzene rings is 1. The van der Waals surface area contributed by atoms with E-state index in [1.54, 1.807) is 36.7 Å². The van der Waals surface area contributed by atoms with Gasteiger partial charge in [-0.3, -0.25) is 9.29 Å². The smallest absolute Gasteiger partial charge is 0.232 e. The van der Waals surface area contributed by atoms with Crippen LogP contribution >= 0.6 is 11.6 Å². The minimum Gasteiger partial charge on any atom is -0.494 e. The van der Waals surface area contributed by atoms with E-state index in [1.165, 1.54) is 11.4 Å². The summed E-state index contributed by atoms with van der Waals surface area (Å²) in [5.41, 5.74) is 1.22. The number of nitrogens with zero attached hydrogens (tertiary/aromatic N) is 2. The summed E-state index contributed by atoms with van der Waals surface area (Å²) in [6.07, 6.45) is 4.41. The van der Waals surface area contributed by atoms with Crippen LogP contribution in [0.15, 0.2) is 42.7 Å². The molecule has 0 aliphatic rings. The van der Waals surface area contributed by atoms with Gasteiger partial charge in [-0.05, 0) is 23.8 Å². The first-order valence-electron chi connectivity index (χ1n) is 6.12. The summed E-state index contributed by atoms with van der Waals surface area (Å²) in [5.74, 6) is 0.400. The fourth-order valence-electron chi connectivity index (χ4n) is 1.90. The molecule has 2 rings (SSSR count). The Kier molecular flexibility index (Phi) is 4.69. The molecule has 1 heterocycles. The first-order chi connectivity index (χ1) is 9.91. The van der Waals surface area contributed by atoms with E-state index in [9.17, 15) is 8.42 Å². The monoisotopic (exact) mass is 326 g/mol. The van der Waals surface area contributed by atoms with Crippen LogP contribution in [0.3, 0.4) is 0 Å². The predicted octanol–water partition coefficient (Wildman–Crippen LogP) is 2.71. The van der Waals surface area contributed by atoms with Gasteiger partial charge in [0.05, 0.1) is 25.6 Å². The highest BCUT2D eigenvalue weighted by Gasteiger charge is 2.21. The van der Waals surface area contributed by atoms with Crippen molar-refractivity contribution in [2.75, 3.05) is 17.7 Å². The van der Waals surface area contributed by atoms with Crippen LogP contribution in [0.2, 0.25) is 5.02 Å². The molecule has 5 nitrogen and oxygen atoms in total. The van der Waals surface area contributed by atoms with E-state index in [1.807, 2.05) is 6.07 Å². The van der Waals surface area contributed by atoms with Crippen molar-refractivity contribution in [3.05, 3.63) is 53.3 Å². The molecule has 0 aliphatic heterocycles. The Morgan fingerprint density at radius 2 is 2.10 bits per heavy atom. The van der Waals surface area contributed by atoms with Crippen LogP contribution < -0.4 is 9.04 Å². The molecule has 0 aliphatic carbocycles. The third-order valence-electron chi connectivity index (χ3n) is 2.86. The second kappa shape index (κ2) is 6.32. The summed E-state index contributed by atoms with van der Waals surface area (Å²) in [4.78, 5) is 4.00. The Hall–Kier alpha value is -1.79. The molecule has 0 saturated carbocycles. The lowest BCUT2D eigenvalue weighted by Gasteiger charge is -2.24. The average molecular weight is 327 g/mol. The lowest BCUT2D eigenvalue weighted by molar-refractivity contribution is 0.415. The van der Waals surface area contributed by atoms with Crippen LogP contribution in [0.4, 0.5) is 5.69 Å². The number of rotatable bonds is 5. The molecule has 7 heteroatoms. The van der Waals surface area contributed by atoms with Gasteiger partial charge in [0.15, 0.2) is 0 Å². The lowest BCUT2D eigenvalue weighted by atomic mass is 10.2. The summed E-state index contributed by atoms with van der Waals surface area (Å²) in [6, 6.07) is 8.40. The highest BCUT2D eigenvalue weighted by molar-refractivity contribution is 7.92. The molecule has 0 amide bonds. The fraction of sp³-hybridized carbons (Fsp3) is 0.214. The van der Waals surface area contributed by atoms with Gasteiger partial charge in [-0.25, -0.2) is 8.42 Å². The van der Waals surface area contributed by atoms with Crippen LogP contribution in [0, 0.1) is 0 Å². The van der Waals surface area contributed by atoms with Crippen molar-refractivity contribution < 1.29 is 13.2 Å². The molecule has 0 unspecified atom stereocenters. The van der Waals surface area contributed by atoms with Crippen molar-refractivity contribution in [1.82, 2.24) is 4.98 Å². The van der Waals surface area contributed by atoms with Gasteiger partial charge in [-0.15, -0.1) is 0 Å². The maximum Gasteiger partial charge on any atom is 0.232 e. The van der Waals surface area contributed by atoms with E-state index in [2.05, 4.69) is 4.98 Å². The summed E-state index contributed by atoms with van der Waals surface area (Å²) >= 11 is 5.92. The summed E-state index contributed by atoms with van der Waals surface area (Å²) < 4.78 is 30.7. The summed E-state index contributed by atoms with van der Waals surface area (Å²) in [6.45, 7) is 0.171. The third kappa shape index (κ3) is 3.86. The molecule has 112 valence electrons. The highest BCUT2D eigenvalue weighted by Crippen LogP contribution is 2.33. The van der Waals surface area contributed by atoms with Gasteiger partial charge in [0.25, 0.3) is 0 Å². The van der Waals surface area contributed by atoms with Crippen molar-refractivity contribution >= 4 is 27.3 Å². The zero-order valence-corrected chi connectivity index (χ0v) is 13.2. The number of hydrogen-bond donors (Lipinski definition) is 0. The van der Waals surface area contributed by atoms with Crippen LogP contribution in [-0.2, 0) is 16.6 Å². The maximum absolute atomic E-state index is 12.1. The molecule has 0 bridgehead atoms. The molecule has 0 fully saturated rings. The number of sulfonamides is 1. The van der Waals surface area contributed by atoms with Crippen molar-refractivity contribution in [3.63, 3.8) is 0 Å². The van der Waals surface area contributed by atoms with Crippen LogP contribution in [0.5, 0.6) is 5.75 Å². The Balaban J connectivity index is 2.47. The van der Waals surface area contributed by atoms with E-state index >= 15 is 0 Å². The van der Waals surface area contributed by atoms with Gasteiger partial charge in [0.2, 0.25) is 10.0 Å². The Morgan fingerprint density at radius 3 is 2.67 bits per heavy atom. The molecule has 21 heavy (non-hydrogen) atoms. The predicted molar refractivity (Wildman–Crippen MR) is 83.3 cm³/mol. The molecule has 0 radical (unpaired) electrons. The van der Waals surface area contributed by atoms with E-state index in [0.29, 0.717) is 16.5 Å². The van der Waals surface area contributed by atoms with E-state index in [0.717, 1.165) is 11.8 Å². The molecule has 2 aromatic rings. The van der Waals surface area contributed by atoms with Crippen LogP contribution in [0.1, 0.15) is 5.56 Å². The summed E-state index contributed by atoms with van der Waals surface area (Å²) in [5, 5.41) is 0.477. The van der Waals surface area contributed by atoms with Gasteiger partial charge in [0.1, 0.15) is 5.75 Å². The largest absolute Gasteiger partial charge is 0.494 e. The minimum atomic E-state index is -3.48. The topological polar surface area (TPSA) is 59.5 Å². The third-order valence-corrected chi connectivity index (χ3v) is 4.22. The second-order valence-electron chi connectivity index (χ2n) is 4.45. The Bertz CT molecular complexity index is 720. The molecule has 0 saturated heterocycles. The van der Waals surface area contributed by atoms with Gasteiger partial charge >= 0.3 is 0 Å².